The third-order valence-electron chi connectivity index (χ3n) is 7.06. The summed E-state index contributed by atoms with van der Waals surface area (Å²) < 4.78 is 27.0. The molecule has 1 saturated carbocycles. The van der Waals surface area contributed by atoms with Crippen molar-refractivity contribution in [1.29, 1.82) is 0 Å². The van der Waals surface area contributed by atoms with Crippen molar-refractivity contribution in [2.24, 2.45) is 11.8 Å². The monoisotopic (exact) mass is 420 g/mol. The van der Waals surface area contributed by atoms with Crippen molar-refractivity contribution in [3.05, 3.63) is 35.9 Å². The predicted molar refractivity (Wildman–Crippen MR) is 113 cm³/mol. The number of benzene rings is 1. The molecule has 3 aliphatic rings. The summed E-state index contributed by atoms with van der Waals surface area (Å²) in [6.07, 6.45) is 6.46. The highest BCUT2D eigenvalue weighted by atomic mass is 32.2. The number of piperidine rings is 1. The van der Waals surface area contributed by atoms with Crippen LogP contribution in [-0.2, 0) is 20.6 Å². The zero-order valence-electron chi connectivity index (χ0n) is 17.3. The molecule has 1 aromatic rings. The van der Waals surface area contributed by atoms with E-state index in [0.29, 0.717) is 38.6 Å². The zero-order chi connectivity index (χ0) is 20.3. The normalized spacial score (nSPS) is 26.8. The van der Waals surface area contributed by atoms with E-state index >= 15 is 0 Å². The van der Waals surface area contributed by atoms with Crippen molar-refractivity contribution in [3.8, 4) is 0 Å². The van der Waals surface area contributed by atoms with Gasteiger partial charge in [-0.1, -0.05) is 49.6 Å². The Labute approximate surface area is 174 Å². The maximum absolute atomic E-state index is 12.8. The molecule has 2 heterocycles. The first kappa shape index (κ1) is 20.8. The molecule has 0 aromatic heterocycles. The van der Waals surface area contributed by atoms with Crippen molar-refractivity contribution in [2.75, 3.05) is 45.8 Å². The summed E-state index contributed by atoms with van der Waals surface area (Å²) in [4.78, 5) is 16.1. The molecular weight excluding hydrogens is 386 g/mol. The minimum Gasteiger partial charge on any atom is -0.338 e. The second-order valence-electron chi connectivity index (χ2n) is 9.00. The van der Waals surface area contributed by atoms with Gasteiger partial charge in [0.2, 0.25) is 10.0 Å². The van der Waals surface area contributed by atoms with Crippen molar-refractivity contribution >= 4 is 15.9 Å². The number of carbonyl (C=O) groups is 1. The molecular formula is C22H34N3O3S+. The molecule has 1 N–H and O–H groups in total. The Morgan fingerprint density at radius 3 is 2.38 bits per heavy atom. The summed E-state index contributed by atoms with van der Waals surface area (Å²) in [5.41, 5.74) is 0.823. The Bertz CT molecular complexity index is 791. The van der Waals surface area contributed by atoms with Crippen molar-refractivity contribution in [2.45, 2.75) is 37.9 Å². The van der Waals surface area contributed by atoms with Gasteiger partial charge in [-0.25, -0.2) is 8.42 Å². The van der Waals surface area contributed by atoms with E-state index in [1.54, 1.807) is 4.31 Å². The van der Waals surface area contributed by atoms with E-state index < -0.39 is 10.0 Å². The van der Waals surface area contributed by atoms with Gasteiger partial charge in [-0.2, -0.15) is 4.31 Å². The first-order valence-electron chi connectivity index (χ1n) is 11.1. The number of fused-ring (bicyclic) bond motifs is 1. The smallest absolute Gasteiger partial charge is 0.277 e. The van der Waals surface area contributed by atoms with Gasteiger partial charge < -0.3 is 9.80 Å². The van der Waals surface area contributed by atoms with Crippen LogP contribution in [0.3, 0.4) is 0 Å². The van der Waals surface area contributed by atoms with Gasteiger partial charge in [-0.3, -0.25) is 4.79 Å². The second-order valence-corrected chi connectivity index (χ2v) is 11.0. The van der Waals surface area contributed by atoms with Crippen LogP contribution in [0.15, 0.2) is 30.3 Å². The molecule has 1 amide bonds. The van der Waals surface area contributed by atoms with Crippen LogP contribution in [-0.4, -0.2) is 69.3 Å². The maximum atomic E-state index is 12.8. The van der Waals surface area contributed by atoms with Crippen LogP contribution in [0, 0.1) is 11.8 Å². The van der Waals surface area contributed by atoms with Crippen LogP contribution in [0.5, 0.6) is 0 Å². The fraction of sp³-hybridized carbons (Fsp3) is 0.682. The second kappa shape index (κ2) is 9.14. The summed E-state index contributed by atoms with van der Waals surface area (Å²) >= 11 is 0. The molecule has 0 unspecified atom stereocenters. The molecule has 4 rings (SSSR count). The van der Waals surface area contributed by atoms with Gasteiger partial charge in [0.1, 0.15) is 0 Å². The average Bonchev–Trinajstić information content (AvgIpc) is 2.74. The molecule has 0 bridgehead atoms. The molecule has 2 saturated heterocycles. The fourth-order valence-electron chi connectivity index (χ4n) is 5.29. The summed E-state index contributed by atoms with van der Waals surface area (Å²) in [6, 6.07) is 9.34. The predicted octanol–water partition coefficient (Wildman–Crippen LogP) is 0.756. The van der Waals surface area contributed by atoms with E-state index in [-0.39, 0.29) is 11.7 Å². The Morgan fingerprint density at radius 1 is 0.966 bits per heavy atom. The lowest BCUT2D eigenvalue weighted by molar-refractivity contribution is -0.896. The SMILES string of the molecule is O=C(C[NH+]1CCN(S(=O)(=O)Cc2ccccc2)CC1)N1CC[C@H]2CCCC[C@H]2C1. The van der Waals surface area contributed by atoms with Crippen LogP contribution in [0.25, 0.3) is 0 Å². The standard InChI is InChI=1S/C22H33N3O3S/c26-22(24-11-10-20-8-4-5-9-21(20)16-24)17-23-12-14-25(15-13-23)29(27,28)18-19-6-2-1-3-7-19/h1-3,6-7,20-21H,4-5,8-18H2/p+1/t20-,21+/m1/s1. The van der Waals surface area contributed by atoms with Crippen LogP contribution >= 0.6 is 0 Å². The largest absolute Gasteiger partial charge is 0.338 e. The summed E-state index contributed by atoms with van der Waals surface area (Å²) in [6.45, 7) is 4.77. The highest BCUT2D eigenvalue weighted by Crippen LogP contribution is 2.35. The summed E-state index contributed by atoms with van der Waals surface area (Å²) in [5, 5.41) is 0. The Balaban J connectivity index is 1.25. The Hall–Kier alpha value is -1.44. The van der Waals surface area contributed by atoms with Crippen molar-refractivity contribution in [1.82, 2.24) is 9.21 Å². The number of quaternary nitrogens is 1. The van der Waals surface area contributed by atoms with Gasteiger partial charge in [0, 0.05) is 13.1 Å². The first-order chi connectivity index (χ1) is 14.0. The molecule has 160 valence electrons. The van der Waals surface area contributed by atoms with Crippen molar-refractivity contribution in [3.63, 3.8) is 0 Å². The van der Waals surface area contributed by atoms with E-state index in [1.165, 1.54) is 30.6 Å². The number of sulfonamides is 1. The number of hydrogen-bond donors (Lipinski definition) is 1. The van der Waals surface area contributed by atoms with Crippen LogP contribution < -0.4 is 4.90 Å². The van der Waals surface area contributed by atoms with E-state index in [4.69, 9.17) is 0 Å². The van der Waals surface area contributed by atoms with Gasteiger partial charge in [0.15, 0.2) is 6.54 Å². The molecule has 6 nitrogen and oxygen atoms in total. The van der Waals surface area contributed by atoms with Crippen molar-refractivity contribution < 1.29 is 18.1 Å². The van der Waals surface area contributed by atoms with E-state index in [0.717, 1.165) is 31.0 Å². The summed E-state index contributed by atoms with van der Waals surface area (Å²) in [5.74, 6) is 1.85. The fourth-order valence-corrected chi connectivity index (χ4v) is 6.82. The molecule has 3 fully saturated rings. The lowest BCUT2D eigenvalue weighted by Gasteiger charge is -2.41. The minimum absolute atomic E-state index is 0.0540. The van der Waals surface area contributed by atoms with E-state index in [1.807, 2.05) is 30.3 Å². The lowest BCUT2D eigenvalue weighted by Crippen LogP contribution is -3.15. The zero-order valence-corrected chi connectivity index (χ0v) is 18.1. The average molecular weight is 421 g/mol. The highest BCUT2D eigenvalue weighted by Gasteiger charge is 2.35. The number of rotatable bonds is 5. The molecule has 0 spiro atoms. The topological polar surface area (TPSA) is 62.1 Å². The van der Waals surface area contributed by atoms with Crippen LogP contribution in [0.1, 0.15) is 37.7 Å². The number of piperazine rings is 1. The number of amides is 1. The number of nitrogens with zero attached hydrogens (tertiary/aromatic N) is 2. The minimum atomic E-state index is -3.30. The highest BCUT2D eigenvalue weighted by molar-refractivity contribution is 7.88. The van der Waals surface area contributed by atoms with Gasteiger partial charge in [-0.15, -0.1) is 0 Å². The molecule has 2 aliphatic heterocycles. The summed E-state index contributed by atoms with van der Waals surface area (Å²) in [7, 11) is -3.30. The molecule has 0 radical (unpaired) electrons. The maximum Gasteiger partial charge on any atom is 0.277 e. The number of nitrogens with one attached hydrogen (secondary N) is 1. The third-order valence-corrected chi connectivity index (χ3v) is 8.91. The van der Waals surface area contributed by atoms with Gasteiger partial charge >= 0.3 is 0 Å². The van der Waals surface area contributed by atoms with Crippen LogP contribution in [0.4, 0.5) is 0 Å². The Morgan fingerprint density at radius 2 is 1.66 bits per heavy atom. The molecule has 29 heavy (non-hydrogen) atoms. The number of likely N-dealkylation sites (tertiary alicyclic amines) is 1. The number of hydrogen-bond acceptors (Lipinski definition) is 3. The van der Waals surface area contributed by atoms with Crippen LogP contribution in [0.2, 0.25) is 0 Å². The molecule has 1 aromatic carbocycles. The molecule has 1 aliphatic carbocycles. The van der Waals surface area contributed by atoms with E-state index in [2.05, 4.69) is 4.90 Å². The van der Waals surface area contributed by atoms with E-state index in [9.17, 15) is 13.2 Å². The first-order valence-corrected chi connectivity index (χ1v) is 12.8. The van der Waals surface area contributed by atoms with Gasteiger partial charge in [-0.05, 0) is 30.2 Å². The van der Waals surface area contributed by atoms with Gasteiger partial charge in [0.05, 0.1) is 31.9 Å². The Kier molecular flexibility index (Phi) is 6.56. The van der Waals surface area contributed by atoms with Gasteiger partial charge in [0.25, 0.3) is 5.91 Å². The number of carbonyl (C=O) groups excluding carboxylic acids is 1. The quantitative estimate of drug-likeness (QED) is 0.765. The molecule has 2 atom stereocenters. The molecule has 7 heteroatoms. The lowest BCUT2D eigenvalue weighted by atomic mass is 9.75. The third kappa shape index (κ3) is 5.19.